The molecule has 102 valence electrons. The predicted octanol–water partition coefficient (Wildman–Crippen LogP) is 2.63. The Morgan fingerprint density at radius 2 is 2.11 bits per heavy atom. The van der Waals surface area contributed by atoms with E-state index in [0.717, 1.165) is 18.4 Å². The molecule has 1 aliphatic carbocycles. The van der Waals surface area contributed by atoms with Gasteiger partial charge in [-0.25, -0.2) is 0 Å². The summed E-state index contributed by atoms with van der Waals surface area (Å²) in [5, 5.41) is 13.0. The highest BCUT2D eigenvalue weighted by atomic mass is 35.5. The Kier molecular flexibility index (Phi) is 4.27. The van der Waals surface area contributed by atoms with Crippen molar-refractivity contribution in [3.05, 3.63) is 40.9 Å². The monoisotopic (exact) mass is 279 g/mol. The molecule has 0 aromatic heterocycles. The van der Waals surface area contributed by atoms with Crippen molar-refractivity contribution >= 4 is 23.6 Å². The van der Waals surface area contributed by atoms with E-state index in [4.69, 9.17) is 11.6 Å². The lowest BCUT2D eigenvalue weighted by atomic mass is 9.97. The molecule has 1 aliphatic rings. The first-order chi connectivity index (χ1) is 9.03. The Labute approximate surface area is 118 Å². The Morgan fingerprint density at radius 1 is 1.47 bits per heavy atom. The van der Waals surface area contributed by atoms with E-state index in [9.17, 15) is 9.90 Å². The molecule has 3 nitrogen and oxygen atoms in total. The minimum absolute atomic E-state index is 0.0296. The largest absolute Gasteiger partial charge is 0.394 e. The Hall–Kier alpha value is -1.32. The first-order valence-electron chi connectivity index (χ1n) is 6.40. The zero-order chi connectivity index (χ0) is 13.9. The van der Waals surface area contributed by atoms with Crippen molar-refractivity contribution in [2.24, 2.45) is 5.92 Å². The number of carbonyl (C=O) groups excluding carboxylic acids is 1. The Balaban J connectivity index is 1.95. The molecule has 1 saturated carbocycles. The number of aliphatic hydroxyl groups excluding tert-OH is 1. The summed E-state index contributed by atoms with van der Waals surface area (Å²) in [6.07, 6.45) is 5.35. The fourth-order valence-corrected chi connectivity index (χ4v) is 2.19. The quantitative estimate of drug-likeness (QED) is 0.814. The van der Waals surface area contributed by atoms with E-state index in [1.165, 1.54) is 6.08 Å². The molecule has 0 spiro atoms. The van der Waals surface area contributed by atoms with Crippen LogP contribution in [-0.4, -0.2) is 23.2 Å². The molecule has 2 N–H and O–H groups in total. The van der Waals surface area contributed by atoms with Gasteiger partial charge in [0.2, 0.25) is 5.91 Å². The first kappa shape index (κ1) is 14.1. The van der Waals surface area contributed by atoms with Gasteiger partial charge in [0.05, 0.1) is 12.1 Å². The predicted molar refractivity (Wildman–Crippen MR) is 76.8 cm³/mol. The van der Waals surface area contributed by atoms with Crippen LogP contribution >= 0.6 is 11.6 Å². The molecule has 1 aromatic carbocycles. The summed E-state index contributed by atoms with van der Waals surface area (Å²) in [6, 6.07) is 7.25. The molecule has 0 saturated heterocycles. The van der Waals surface area contributed by atoms with Crippen LogP contribution < -0.4 is 5.32 Å². The van der Waals surface area contributed by atoms with Crippen LogP contribution in [-0.2, 0) is 4.79 Å². The number of carbonyl (C=O) groups is 1. The summed E-state index contributed by atoms with van der Waals surface area (Å²) in [5.41, 5.74) is 0.415. The van der Waals surface area contributed by atoms with Crippen LogP contribution in [0.15, 0.2) is 30.3 Å². The van der Waals surface area contributed by atoms with E-state index in [0.29, 0.717) is 10.9 Å². The van der Waals surface area contributed by atoms with Gasteiger partial charge in [0.1, 0.15) is 0 Å². The SMILES string of the molecule is CC(CO)(NC(=O)/C=C/c1ccc(Cl)cc1)C1CC1. The molecule has 0 bridgehead atoms. The number of nitrogens with one attached hydrogen (secondary N) is 1. The second-order valence-corrected chi connectivity index (χ2v) is 5.66. The summed E-state index contributed by atoms with van der Waals surface area (Å²) in [7, 11) is 0. The maximum atomic E-state index is 11.9. The van der Waals surface area contributed by atoms with Crippen LogP contribution in [0.4, 0.5) is 0 Å². The fraction of sp³-hybridized carbons (Fsp3) is 0.400. The zero-order valence-corrected chi connectivity index (χ0v) is 11.7. The minimum Gasteiger partial charge on any atom is -0.394 e. The van der Waals surface area contributed by atoms with Crippen molar-refractivity contribution in [2.75, 3.05) is 6.61 Å². The van der Waals surface area contributed by atoms with Crippen LogP contribution in [0, 0.1) is 5.92 Å². The highest BCUT2D eigenvalue weighted by Crippen LogP contribution is 2.39. The number of benzene rings is 1. The van der Waals surface area contributed by atoms with Gasteiger partial charge in [-0.15, -0.1) is 0 Å². The Bertz CT molecular complexity index is 479. The summed E-state index contributed by atoms with van der Waals surface area (Å²) in [4.78, 5) is 11.9. The summed E-state index contributed by atoms with van der Waals surface area (Å²) in [6.45, 7) is 1.86. The molecule has 1 aromatic rings. The van der Waals surface area contributed by atoms with E-state index < -0.39 is 5.54 Å². The highest BCUT2D eigenvalue weighted by molar-refractivity contribution is 6.30. The molecule has 0 aliphatic heterocycles. The molecule has 0 radical (unpaired) electrons. The summed E-state index contributed by atoms with van der Waals surface area (Å²) in [5.74, 6) is 0.212. The van der Waals surface area contributed by atoms with Gasteiger partial charge in [-0.3, -0.25) is 4.79 Å². The van der Waals surface area contributed by atoms with Gasteiger partial charge in [-0.2, -0.15) is 0 Å². The lowest BCUT2D eigenvalue weighted by Gasteiger charge is -2.28. The number of amides is 1. The Morgan fingerprint density at radius 3 is 2.63 bits per heavy atom. The average Bonchev–Trinajstić information content (AvgIpc) is 3.22. The van der Waals surface area contributed by atoms with E-state index in [1.807, 2.05) is 19.1 Å². The maximum Gasteiger partial charge on any atom is 0.244 e. The van der Waals surface area contributed by atoms with Crippen molar-refractivity contribution in [3.63, 3.8) is 0 Å². The van der Waals surface area contributed by atoms with Crippen LogP contribution in [0.3, 0.4) is 0 Å². The molecule has 1 unspecified atom stereocenters. The van der Waals surface area contributed by atoms with Crippen molar-refractivity contribution in [3.8, 4) is 0 Å². The second-order valence-electron chi connectivity index (χ2n) is 5.22. The molecule has 1 atom stereocenters. The normalized spacial score (nSPS) is 18.3. The minimum atomic E-state index is -0.499. The lowest BCUT2D eigenvalue weighted by molar-refractivity contribution is -0.119. The van der Waals surface area contributed by atoms with Gasteiger partial charge in [0, 0.05) is 11.1 Å². The van der Waals surface area contributed by atoms with E-state index in [-0.39, 0.29) is 12.5 Å². The first-order valence-corrected chi connectivity index (χ1v) is 6.78. The van der Waals surface area contributed by atoms with Crippen LogP contribution in [0.5, 0.6) is 0 Å². The molecular formula is C15H18ClNO2. The summed E-state index contributed by atoms with van der Waals surface area (Å²) < 4.78 is 0. The van der Waals surface area contributed by atoms with Gasteiger partial charge in [-0.05, 0) is 49.5 Å². The van der Waals surface area contributed by atoms with E-state index in [1.54, 1.807) is 18.2 Å². The number of rotatable bonds is 5. The number of aliphatic hydroxyl groups is 1. The fourth-order valence-electron chi connectivity index (χ4n) is 2.06. The van der Waals surface area contributed by atoms with Gasteiger partial charge < -0.3 is 10.4 Å². The standard InChI is InChI=1S/C15H18ClNO2/c1-15(10-18,12-5-6-12)17-14(19)9-4-11-2-7-13(16)8-3-11/h2-4,7-9,12,18H,5-6,10H2,1H3,(H,17,19)/b9-4+. The third-order valence-electron chi connectivity index (χ3n) is 3.51. The molecule has 2 rings (SSSR count). The topological polar surface area (TPSA) is 49.3 Å². The third kappa shape index (κ3) is 3.82. The second kappa shape index (κ2) is 5.76. The van der Waals surface area contributed by atoms with Crippen molar-refractivity contribution < 1.29 is 9.90 Å². The maximum absolute atomic E-state index is 11.9. The van der Waals surface area contributed by atoms with E-state index in [2.05, 4.69) is 5.32 Å². The van der Waals surface area contributed by atoms with Gasteiger partial charge in [0.25, 0.3) is 0 Å². The van der Waals surface area contributed by atoms with Gasteiger partial charge >= 0.3 is 0 Å². The lowest BCUT2D eigenvalue weighted by Crippen LogP contribution is -2.50. The molecular weight excluding hydrogens is 262 g/mol. The zero-order valence-electron chi connectivity index (χ0n) is 10.9. The van der Waals surface area contributed by atoms with Crippen molar-refractivity contribution in [1.82, 2.24) is 5.32 Å². The van der Waals surface area contributed by atoms with Crippen LogP contribution in [0.2, 0.25) is 5.02 Å². The van der Waals surface area contributed by atoms with Crippen molar-refractivity contribution in [1.29, 1.82) is 0 Å². The average molecular weight is 280 g/mol. The molecule has 4 heteroatoms. The molecule has 19 heavy (non-hydrogen) atoms. The van der Waals surface area contributed by atoms with Crippen LogP contribution in [0.1, 0.15) is 25.3 Å². The molecule has 0 heterocycles. The molecule has 1 fully saturated rings. The van der Waals surface area contributed by atoms with Gasteiger partial charge in [0.15, 0.2) is 0 Å². The van der Waals surface area contributed by atoms with E-state index >= 15 is 0 Å². The van der Waals surface area contributed by atoms with Gasteiger partial charge in [-0.1, -0.05) is 23.7 Å². The number of hydrogen-bond donors (Lipinski definition) is 2. The summed E-state index contributed by atoms with van der Waals surface area (Å²) >= 11 is 5.79. The van der Waals surface area contributed by atoms with Crippen LogP contribution in [0.25, 0.3) is 6.08 Å². The number of halogens is 1. The van der Waals surface area contributed by atoms with Crippen molar-refractivity contribution in [2.45, 2.75) is 25.3 Å². The highest BCUT2D eigenvalue weighted by Gasteiger charge is 2.41. The third-order valence-corrected chi connectivity index (χ3v) is 3.76. The smallest absolute Gasteiger partial charge is 0.244 e. The molecule has 1 amide bonds. The number of hydrogen-bond acceptors (Lipinski definition) is 2.